The SMILES string of the molecule is CC(NC(=O)[C@H]1CCCC[C@@H]1c1ccc(C(=O)N(C2CC2)C(C)(C)c2ccccc2)cc1)c1ccc2c(c1)OCO2. The number of benzene rings is 3. The summed E-state index contributed by atoms with van der Waals surface area (Å²) in [7, 11) is 0. The van der Waals surface area contributed by atoms with E-state index < -0.39 is 5.54 Å². The van der Waals surface area contributed by atoms with Gasteiger partial charge in [0, 0.05) is 17.5 Å². The molecule has 41 heavy (non-hydrogen) atoms. The summed E-state index contributed by atoms with van der Waals surface area (Å²) in [5, 5.41) is 3.26. The highest BCUT2D eigenvalue weighted by Gasteiger charge is 2.43. The number of ether oxygens (including phenoxy) is 2. The van der Waals surface area contributed by atoms with Crippen LogP contribution in [0.4, 0.5) is 0 Å². The summed E-state index contributed by atoms with van der Waals surface area (Å²) >= 11 is 0. The van der Waals surface area contributed by atoms with Gasteiger partial charge in [-0.25, -0.2) is 0 Å². The van der Waals surface area contributed by atoms with Gasteiger partial charge in [-0.3, -0.25) is 9.59 Å². The molecule has 0 aromatic heterocycles. The minimum atomic E-state index is -0.403. The Kier molecular flexibility index (Phi) is 7.50. The van der Waals surface area contributed by atoms with Gasteiger partial charge in [-0.1, -0.05) is 61.4 Å². The summed E-state index contributed by atoms with van der Waals surface area (Å²) in [6.07, 6.45) is 6.08. The van der Waals surface area contributed by atoms with Crippen LogP contribution in [-0.2, 0) is 10.3 Å². The first-order valence-electron chi connectivity index (χ1n) is 15.0. The number of hydrogen-bond donors (Lipinski definition) is 1. The minimum Gasteiger partial charge on any atom is -0.454 e. The maximum Gasteiger partial charge on any atom is 0.254 e. The number of amides is 2. The highest BCUT2D eigenvalue weighted by atomic mass is 16.7. The summed E-state index contributed by atoms with van der Waals surface area (Å²) in [5.41, 5.74) is 3.58. The van der Waals surface area contributed by atoms with Crippen LogP contribution in [0.15, 0.2) is 72.8 Å². The molecule has 6 nitrogen and oxygen atoms in total. The van der Waals surface area contributed by atoms with Crippen molar-refractivity contribution in [3.8, 4) is 11.5 Å². The van der Waals surface area contributed by atoms with Crippen LogP contribution < -0.4 is 14.8 Å². The molecule has 3 aliphatic rings. The second-order valence-corrected chi connectivity index (χ2v) is 12.3. The van der Waals surface area contributed by atoms with Crippen LogP contribution >= 0.6 is 0 Å². The van der Waals surface area contributed by atoms with Crippen molar-refractivity contribution in [1.29, 1.82) is 0 Å². The highest BCUT2D eigenvalue weighted by molar-refractivity contribution is 5.95. The fourth-order valence-corrected chi connectivity index (χ4v) is 6.64. The molecule has 6 rings (SSSR count). The maximum atomic E-state index is 13.9. The first kappa shape index (κ1) is 27.4. The molecular weight excluding hydrogens is 512 g/mol. The summed E-state index contributed by atoms with van der Waals surface area (Å²) in [6.45, 7) is 6.53. The number of rotatable bonds is 8. The van der Waals surface area contributed by atoms with Crippen molar-refractivity contribution in [1.82, 2.24) is 10.2 Å². The van der Waals surface area contributed by atoms with E-state index in [0.717, 1.165) is 66.7 Å². The van der Waals surface area contributed by atoms with Crippen LogP contribution in [0, 0.1) is 5.92 Å². The van der Waals surface area contributed by atoms with Crippen molar-refractivity contribution < 1.29 is 19.1 Å². The molecule has 2 amide bonds. The molecule has 0 saturated heterocycles. The van der Waals surface area contributed by atoms with Gasteiger partial charge in [-0.15, -0.1) is 0 Å². The van der Waals surface area contributed by atoms with E-state index >= 15 is 0 Å². The molecule has 3 aromatic carbocycles. The average Bonchev–Trinajstić information content (AvgIpc) is 3.71. The third-order valence-electron chi connectivity index (χ3n) is 9.16. The van der Waals surface area contributed by atoms with Gasteiger partial charge in [0.1, 0.15) is 0 Å². The third kappa shape index (κ3) is 5.57. The quantitative estimate of drug-likeness (QED) is 0.324. The largest absolute Gasteiger partial charge is 0.454 e. The monoisotopic (exact) mass is 552 g/mol. The second kappa shape index (κ2) is 11.2. The van der Waals surface area contributed by atoms with Gasteiger partial charge in [-0.05, 0) is 93.3 Å². The van der Waals surface area contributed by atoms with Gasteiger partial charge in [0.05, 0.1) is 11.6 Å². The average molecular weight is 553 g/mol. The van der Waals surface area contributed by atoms with Crippen LogP contribution in [0.3, 0.4) is 0 Å². The van der Waals surface area contributed by atoms with Crippen LogP contribution in [0.1, 0.15) is 98.3 Å². The normalized spacial score (nSPS) is 20.8. The molecule has 0 radical (unpaired) electrons. The summed E-state index contributed by atoms with van der Waals surface area (Å²) in [5.74, 6) is 1.67. The predicted octanol–water partition coefficient (Wildman–Crippen LogP) is 7.11. The summed E-state index contributed by atoms with van der Waals surface area (Å²) in [6, 6.07) is 24.3. The Morgan fingerprint density at radius 3 is 2.32 bits per heavy atom. The molecule has 1 unspecified atom stereocenters. The van der Waals surface area contributed by atoms with Crippen molar-refractivity contribution in [3.05, 3.63) is 95.1 Å². The molecule has 1 aliphatic heterocycles. The molecule has 0 bridgehead atoms. The molecule has 1 N–H and O–H groups in total. The molecule has 2 aliphatic carbocycles. The summed E-state index contributed by atoms with van der Waals surface area (Å²) < 4.78 is 10.9. The van der Waals surface area contributed by atoms with Gasteiger partial charge in [0.15, 0.2) is 11.5 Å². The standard InChI is InChI=1S/C35H40N2O4/c1-23(26-17-20-31-32(21-26)41-22-40-31)36-33(38)30-12-8-7-11-29(30)24-13-15-25(16-14-24)34(39)37(28-18-19-28)35(2,3)27-9-5-4-6-10-27/h4-6,9-10,13-17,20-21,23,28-30H,7-8,11-12,18-19,22H2,1-3H3,(H,36,38)/t23?,29-,30+/m1/s1. The smallest absolute Gasteiger partial charge is 0.254 e. The van der Waals surface area contributed by atoms with E-state index in [1.807, 2.05) is 55.5 Å². The van der Waals surface area contributed by atoms with Crippen LogP contribution in [0.5, 0.6) is 11.5 Å². The lowest BCUT2D eigenvalue weighted by molar-refractivity contribution is -0.127. The topological polar surface area (TPSA) is 67.9 Å². The van der Waals surface area contributed by atoms with Crippen molar-refractivity contribution in [2.24, 2.45) is 5.92 Å². The molecule has 3 atom stereocenters. The molecule has 2 saturated carbocycles. The van der Waals surface area contributed by atoms with E-state index in [9.17, 15) is 9.59 Å². The van der Waals surface area contributed by atoms with Gasteiger partial charge < -0.3 is 19.7 Å². The van der Waals surface area contributed by atoms with Crippen molar-refractivity contribution in [2.75, 3.05) is 6.79 Å². The highest BCUT2D eigenvalue weighted by Crippen LogP contribution is 2.41. The Labute approximate surface area is 243 Å². The van der Waals surface area contributed by atoms with Gasteiger partial charge in [0.2, 0.25) is 12.7 Å². The molecular formula is C35H40N2O4. The Balaban J connectivity index is 1.17. The van der Waals surface area contributed by atoms with E-state index in [1.54, 1.807) is 0 Å². The van der Waals surface area contributed by atoms with E-state index in [-0.39, 0.29) is 42.5 Å². The van der Waals surface area contributed by atoms with Crippen LogP contribution in [0.2, 0.25) is 0 Å². The Bertz CT molecular complexity index is 1400. The zero-order valence-electron chi connectivity index (χ0n) is 24.3. The Morgan fingerprint density at radius 1 is 0.878 bits per heavy atom. The Morgan fingerprint density at radius 2 is 1.59 bits per heavy atom. The van der Waals surface area contributed by atoms with Crippen LogP contribution in [0.25, 0.3) is 0 Å². The lowest BCUT2D eigenvalue weighted by Crippen LogP contribution is -2.47. The van der Waals surface area contributed by atoms with E-state index in [1.165, 1.54) is 0 Å². The molecule has 0 spiro atoms. The number of carbonyl (C=O) groups is 2. The van der Waals surface area contributed by atoms with Crippen molar-refractivity contribution >= 4 is 11.8 Å². The minimum absolute atomic E-state index is 0.0726. The fraction of sp³-hybridized carbons (Fsp3) is 0.429. The van der Waals surface area contributed by atoms with Crippen LogP contribution in [-0.4, -0.2) is 29.5 Å². The molecule has 3 aromatic rings. The first-order valence-corrected chi connectivity index (χ1v) is 15.0. The van der Waals surface area contributed by atoms with E-state index in [4.69, 9.17) is 9.47 Å². The summed E-state index contributed by atoms with van der Waals surface area (Å²) in [4.78, 5) is 29.5. The maximum absolute atomic E-state index is 13.9. The molecule has 214 valence electrons. The number of hydrogen-bond acceptors (Lipinski definition) is 4. The fourth-order valence-electron chi connectivity index (χ4n) is 6.64. The van der Waals surface area contributed by atoms with Crippen molar-refractivity contribution in [2.45, 2.75) is 82.8 Å². The second-order valence-electron chi connectivity index (χ2n) is 12.3. The Hall–Kier alpha value is -3.80. The third-order valence-corrected chi connectivity index (χ3v) is 9.16. The molecule has 6 heteroatoms. The van der Waals surface area contributed by atoms with Crippen molar-refractivity contribution in [3.63, 3.8) is 0 Å². The first-order chi connectivity index (χ1) is 19.8. The number of nitrogens with zero attached hydrogens (tertiary/aromatic N) is 1. The predicted molar refractivity (Wildman–Crippen MR) is 159 cm³/mol. The van der Waals surface area contributed by atoms with Gasteiger partial charge >= 0.3 is 0 Å². The lowest BCUT2D eigenvalue weighted by atomic mass is 9.74. The zero-order valence-corrected chi connectivity index (χ0v) is 24.3. The molecule has 2 fully saturated rings. The van der Waals surface area contributed by atoms with Gasteiger partial charge in [0.25, 0.3) is 5.91 Å². The van der Waals surface area contributed by atoms with E-state index in [0.29, 0.717) is 5.56 Å². The molecule has 1 heterocycles. The number of carbonyl (C=O) groups excluding carboxylic acids is 2. The number of fused-ring (bicyclic) bond motifs is 1. The lowest BCUT2D eigenvalue weighted by Gasteiger charge is -2.39. The van der Waals surface area contributed by atoms with Gasteiger partial charge in [-0.2, -0.15) is 0 Å². The zero-order chi connectivity index (χ0) is 28.6. The van der Waals surface area contributed by atoms with E-state index in [2.05, 4.69) is 48.3 Å². The number of nitrogens with one attached hydrogen (secondary N) is 1.